The second kappa shape index (κ2) is 10.8. The summed E-state index contributed by atoms with van der Waals surface area (Å²) in [6, 6.07) is 5.58. The summed E-state index contributed by atoms with van der Waals surface area (Å²) in [6.07, 6.45) is 5.99. The monoisotopic (exact) mass is 405 g/mol. The zero-order valence-electron chi connectivity index (χ0n) is 14.2. The minimum atomic E-state index is -1.94. The number of benzene rings is 1. The lowest BCUT2D eigenvalue weighted by Gasteiger charge is -2.25. The summed E-state index contributed by atoms with van der Waals surface area (Å²) in [5.74, 6) is 2.12. The summed E-state index contributed by atoms with van der Waals surface area (Å²) in [6.45, 7) is 0.675. The van der Waals surface area contributed by atoms with Crippen LogP contribution in [0.2, 0.25) is 10.0 Å². The maximum atomic E-state index is 10.1. The normalized spacial score (nSPS) is 21.0. The number of allylic oxidation sites excluding steroid dienone is 1. The topological polar surface area (TPSA) is 72.7 Å². The van der Waals surface area contributed by atoms with Crippen molar-refractivity contribution in [1.82, 2.24) is 5.32 Å². The molecule has 1 aliphatic carbocycles. The highest BCUT2D eigenvalue weighted by molar-refractivity contribution is 7.48. The number of halogens is 2. The lowest BCUT2D eigenvalue weighted by Crippen LogP contribution is -2.31. The molecule has 1 aliphatic rings. The molecule has 2 rings (SSSR count). The van der Waals surface area contributed by atoms with Gasteiger partial charge in [0, 0.05) is 6.54 Å². The molecular formula is C18H26Cl2NO3P. The molecule has 0 amide bonds. The van der Waals surface area contributed by atoms with E-state index < -0.39 is 14.6 Å². The molecule has 25 heavy (non-hydrogen) atoms. The fraction of sp³-hybridized carbons (Fsp3) is 0.556. The largest absolute Gasteiger partial charge is 0.379 e. The number of nitrogens with one attached hydrogen (secondary N) is 1. The summed E-state index contributed by atoms with van der Waals surface area (Å²) in [5.41, 5.74) is 2.23. The van der Waals surface area contributed by atoms with Crippen molar-refractivity contribution in [3.8, 4) is 0 Å². The fourth-order valence-electron chi connectivity index (χ4n) is 3.29. The molecule has 0 saturated heterocycles. The van der Waals surface area contributed by atoms with Crippen LogP contribution in [-0.4, -0.2) is 27.7 Å². The van der Waals surface area contributed by atoms with Crippen molar-refractivity contribution < 1.29 is 14.9 Å². The molecule has 0 aliphatic heterocycles. The van der Waals surface area contributed by atoms with Gasteiger partial charge in [-0.15, -0.1) is 0 Å². The van der Waals surface area contributed by atoms with Crippen LogP contribution < -0.4 is 5.32 Å². The van der Waals surface area contributed by atoms with Gasteiger partial charge in [-0.2, -0.15) is 0 Å². The molecule has 0 radical (unpaired) electrons. The zero-order valence-corrected chi connectivity index (χ0v) is 16.6. The summed E-state index contributed by atoms with van der Waals surface area (Å²) < 4.78 is 0. The van der Waals surface area contributed by atoms with Crippen LogP contribution in [0.25, 0.3) is 0 Å². The zero-order chi connectivity index (χ0) is 18.2. The predicted octanol–water partition coefficient (Wildman–Crippen LogP) is 4.59. The molecule has 0 heterocycles. The van der Waals surface area contributed by atoms with E-state index in [2.05, 4.69) is 5.32 Å². The maximum Gasteiger partial charge on any atom is 0.191 e. The Balaban J connectivity index is 1.66. The SMILES string of the molecule is OC(CCC1CCCC(=CP(O)O)C1)NCCc1ccc(Cl)c(Cl)c1. The first-order valence-corrected chi connectivity index (χ1v) is 10.7. The van der Waals surface area contributed by atoms with Crippen LogP contribution in [0.3, 0.4) is 0 Å². The first kappa shape index (κ1) is 21.1. The van der Waals surface area contributed by atoms with E-state index in [0.29, 0.717) is 28.9 Å². The average molecular weight is 406 g/mol. The average Bonchev–Trinajstić information content (AvgIpc) is 2.56. The maximum absolute atomic E-state index is 10.1. The van der Waals surface area contributed by atoms with Crippen LogP contribution >= 0.6 is 31.6 Å². The number of hydrogen-bond donors (Lipinski definition) is 4. The minimum Gasteiger partial charge on any atom is -0.379 e. The number of rotatable bonds is 8. The predicted molar refractivity (Wildman–Crippen MR) is 105 cm³/mol. The third-order valence-electron chi connectivity index (χ3n) is 4.59. The number of aliphatic hydroxyl groups excluding tert-OH is 1. The summed E-state index contributed by atoms with van der Waals surface area (Å²) in [5, 5.41) is 14.4. The molecule has 0 aromatic heterocycles. The van der Waals surface area contributed by atoms with Crippen molar-refractivity contribution in [2.24, 2.45) is 5.92 Å². The van der Waals surface area contributed by atoms with Crippen molar-refractivity contribution in [2.75, 3.05) is 6.54 Å². The van der Waals surface area contributed by atoms with Crippen LogP contribution in [0, 0.1) is 5.92 Å². The van der Waals surface area contributed by atoms with Crippen molar-refractivity contribution in [3.05, 3.63) is 45.2 Å². The van der Waals surface area contributed by atoms with E-state index in [4.69, 9.17) is 33.0 Å². The quantitative estimate of drug-likeness (QED) is 0.376. The van der Waals surface area contributed by atoms with E-state index in [1.807, 2.05) is 12.1 Å². The van der Waals surface area contributed by atoms with Gasteiger partial charge in [-0.1, -0.05) is 34.8 Å². The molecule has 1 aromatic rings. The Hall–Kier alpha value is -0.190. The van der Waals surface area contributed by atoms with Crippen LogP contribution in [0.15, 0.2) is 29.6 Å². The Morgan fingerprint density at radius 1 is 1.28 bits per heavy atom. The van der Waals surface area contributed by atoms with Gasteiger partial charge in [0.1, 0.15) is 6.23 Å². The molecule has 140 valence electrons. The Bertz CT molecular complexity index is 583. The van der Waals surface area contributed by atoms with Gasteiger partial charge >= 0.3 is 0 Å². The molecule has 1 aromatic carbocycles. The Kier molecular flexibility index (Phi) is 9.15. The lowest BCUT2D eigenvalue weighted by atomic mass is 9.83. The fourth-order valence-corrected chi connectivity index (χ4v) is 4.18. The van der Waals surface area contributed by atoms with E-state index in [-0.39, 0.29) is 0 Å². The number of hydrogen-bond acceptors (Lipinski definition) is 4. The number of aliphatic hydroxyl groups is 1. The van der Waals surface area contributed by atoms with Gasteiger partial charge in [-0.25, -0.2) is 0 Å². The van der Waals surface area contributed by atoms with Gasteiger partial charge in [0.2, 0.25) is 0 Å². The second-order valence-corrected chi connectivity index (χ2v) is 8.33. The van der Waals surface area contributed by atoms with Crippen molar-refractivity contribution in [1.29, 1.82) is 0 Å². The standard InChI is InChI=1S/C18H26Cl2NO3P/c19-16-6-4-14(11-17(16)20)8-9-21-18(22)7-5-13-2-1-3-15(10-13)12-25(23)24/h4,6,11-13,18,21-24H,1-3,5,7-10H2. The van der Waals surface area contributed by atoms with Gasteiger partial charge in [-0.3, -0.25) is 5.32 Å². The highest BCUT2D eigenvalue weighted by Crippen LogP contribution is 2.37. The van der Waals surface area contributed by atoms with Crippen LogP contribution in [0.4, 0.5) is 0 Å². The molecular weight excluding hydrogens is 380 g/mol. The Morgan fingerprint density at radius 3 is 2.80 bits per heavy atom. The molecule has 1 saturated carbocycles. The highest BCUT2D eigenvalue weighted by atomic mass is 35.5. The first-order valence-electron chi connectivity index (χ1n) is 8.66. The molecule has 0 bridgehead atoms. The third-order valence-corrected chi connectivity index (χ3v) is 5.92. The van der Waals surface area contributed by atoms with Gasteiger partial charge in [0.15, 0.2) is 8.38 Å². The van der Waals surface area contributed by atoms with Gasteiger partial charge in [0.05, 0.1) is 10.0 Å². The Morgan fingerprint density at radius 2 is 2.08 bits per heavy atom. The van der Waals surface area contributed by atoms with E-state index in [1.165, 1.54) is 0 Å². The van der Waals surface area contributed by atoms with Crippen molar-refractivity contribution in [3.63, 3.8) is 0 Å². The lowest BCUT2D eigenvalue weighted by molar-refractivity contribution is 0.118. The summed E-state index contributed by atoms with van der Waals surface area (Å²) >= 11 is 11.9. The highest BCUT2D eigenvalue weighted by Gasteiger charge is 2.18. The van der Waals surface area contributed by atoms with Crippen LogP contribution in [-0.2, 0) is 6.42 Å². The molecule has 2 unspecified atom stereocenters. The Labute approximate surface area is 160 Å². The third kappa shape index (κ3) is 7.92. The summed E-state index contributed by atoms with van der Waals surface area (Å²) in [7, 11) is -1.94. The van der Waals surface area contributed by atoms with E-state index >= 15 is 0 Å². The molecule has 7 heteroatoms. The molecule has 2 atom stereocenters. The van der Waals surface area contributed by atoms with Crippen molar-refractivity contribution in [2.45, 2.75) is 51.2 Å². The molecule has 1 fully saturated rings. The van der Waals surface area contributed by atoms with Gasteiger partial charge in [-0.05, 0) is 74.4 Å². The first-order chi connectivity index (χ1) is 11.9. The van der Waals surface area contributed by atoms with E-state index in [9.17, 15) is 5.11 Å². The van der Waals surface area contributed by atoms with E-state index in [0.717, 1.165) is 49.7 Å². The van der Waals surface area contributed by atoms with Crippen LogP contribution in [0.1, 0.15) is 44.1 Å². The minimum absolute atomic E-state index is 0.515. The molecule has 4 nitrogen and oxygen atoms in total. The summed E-state index contributed by atoms with van der Waals surface area (Å²) in [4.78, 5) is 18.2. The smallest absolute Gasteiger partial charge is 0.191 e. The molecule has 4 N–H and O–H groups in total. The van der Waals surface area contributed by atoms with E-state index in [1.54, 1.807) is 11.9 Å². The van der Waals surface area contributed by atoms with Crippen LogP contribution in [0.5, 0.6) is 0 Å². The van der Waals surface area contributed by atoms with Crippen molar-refractivity contribution >= 4 is 31.6 Å². The van der Waals surface area contributed by atoms with Gasteiger partial charge in [0.25, 0.3) is 0 Å². The van der Waals surface area contributed by atoms with Gasteiger partial charge < -0.3 is 14.9 Å². The molecule has 0 spiro atoms. The second-order valence-electron chi connectivity index (χ2n) is 6.62.